The summed E-state index contributed by atoms with van der Waals surface area (Å²) in [5.74, 6) is -1.20. The monoisotopic (exact) mass is 374 g/mol. The topological polar surface area (TPSA) is 70.5 Å². The highest BCUT2D eigenvalue weighted by molar-refractivity contribution is 6.22. The lowest BCUT2D eigenvalue weighted by molar-refractivity contribution is 0.0722. The van der Waals surface area contributed by atoms with Crippen LogP contribution in [0.2, 0.25) is 0 Å². The Morgan fingerprint density at radius 1 is 0.929 bits per heavy atom. The molecule has 0 fully saturated rings. The van der Waals surface area contributed by atoms with Crippen LogP contribution in [0.3, 0.4) is 0 Å². The van der Waals surface area contributed by atoms with E-state index in [0.29, 0.717) is 27.9 Å². The van der Waals surface area contributed by atoms with Gasteiger partial charge in [-0.05, 0) is 42.0 Å². The molecule has 0 aliphatic carbocycles. The zero-order valence-electron chi connectivity index (χ0n) is 14.6. The van der Waals surface area contributed by atoms with E-state index in [-0.39, 0.29) is 0 Å². The van der Waals surface area contributed by atoms with Crippen molar-refractivity contribution in [2.75, 3.05) is 0 Å². The van der Waals surface area contributed by atoms with Crippen LogP contribution in [0.25, 0.3) is 6.08 Å². The number of rotatable bonds is 4. The standard InChI is InChI=1S/C22H15FN2O3/c23-16-9-7-15(8-10-16)20(26)19-14(4-3-12-24-19)11-13-25-21(27)17-5-1-2-6-18(17)22(25)28/h1-13,20,26H. The van der Waals surface area contributed by atoms with E-state index in [1.165, 1.54) is 36.7 Å². The molecule has 1 aromatic heterocycles. The summed E-state index contributed by atoms with van der Waals surface area (Å²) in [5, 5.41) is 10.6. The third kappa shape index (κ3) is 3.10. The number of carbonyl (C=O) groups excluding carboxylic acids is 2. The fraction of sp³-hybridized carbons (Fsp3) is 0.0455. The molecule has 1 unspecified atom stereocenters. The number of benzene rings is 2. The van der Waals surface area contributed by atoms with Crippen LogP contribution in [0.5, 0.6) is 0 Å². The van der Waals surface area contributed by atoms with E-state index in [0.717, 1.165) is 4.90 Å². The molecule has 2 heterocycles. The van der Waals surface area contributed by atoms with Gasteiger partial charge in [-0.25, -0.2) is 9.29 Å². The Morgan fingerprint density at radius 2 is 1.57 bits per heavy atom. The number of aliphatic hydroxyl groups is 1. The summed E-state index contributed by atoms with van der Waals surface area (Å²) >= 11 is 0. The summed E-state index contributed by atoms with van der Waals surface area (Å²) in [6.45, 7) is 0. The van der Waals surface area contributed by atoms with Gasteiger partial charge < -0.3 is 5.11 Å². The fourth-order valence-electron chi connectivity index (χ4n) is 3.10. The summed E-state index contributed by atoms with van der Waals surface area (Å²) in [6.07, 6.45) is 3.38. The maximum Gasteiger partial charge on any atom is 0.265 e. The molecule has 4 rings (SSSR count). The van der Waals surface area contributed by atoms with Crippen LogP contribution in [0.1, 0.15) is 43.6 Å². The van der Waals surface area contributed by atoms with Crippen LogP contribution in [0, 0.1) is 5.82 Å². The minimum absolute atomic E-state index is 0.335. The quantitative estimate of drug-likeness (QED) is 0.709. The molecule has 1 aliphatic heterocycles. The van der Waals surface area contributed by atoms with Crippen LogP contribution >= 0.6 is 0 Å². The number of hydrogen-bond donors (Lipinski definition) is 1. The molecule has 5 nitrogen and oxygen atoms in total. The van der Waals surface area contributed by atoms with Crippen LogP contribution in [0.15, 0.2) is 73.1 Å². The molecule has 1 atom stereocenters. The number of carbonyl (C=O) groups is 2. The number of amides is 2. The van der Waals surface area contributed by atoms with Crippen LogP contribution < -0.4 is 0 Å². The lowest BCUT2D eigenvalue weighted by atomic mass is 10.0. The lowest BCUT2D eigenvalue weighted by Crippen LogP contribution is -2.23. The van der Waals surface area contributed by atoms with Crippen molar-refractivity contribution < 1.29 is 19.1 Å². The Bertz CT molecular complexity index is 1060. The molecule has 1 N–H and O–H groups in total. The average molecular weight is 374 g/mol. The third-order valence-corrected chi connectivity index (χ3v) is 4.54. The molecule has 0 saturated heterocycles. The van der Waals surface area contributed by atoms with Gasteiger partial charge >= 0.3 is 0 Å². The molecule has 0 spiro atoms. The van der Waals surface area contributed by atoms with Gasteiger partial charge in [0.2, 0.25) is 0 Å². The zero-order valence-corrected chi connectivity index (χ0v) is 14.6. The summed E-state index contributed by atoms with van der Waals surface area (Å²) in [6, 6.07) is 15.5. The molecule has 0 radical (unpaired) electrons. The molecule has 0 bridgehead atoms. The predicted octanol–water partition coefficient (Wildman–Crippen LogP) is 3.57. The number of imide groups is 1. The van der Waals surface area contributed by atoms with E-state index in [4.69, 9.17) is 0 Å². The van der Waals surface area contributed by atoms with Crippen LogP contribution in [-0.4, -0.2) is 26.8 Å². The number of hydrogen-bond acceptors (Lipinski definition) is 4. The highest BCUT2D eigenvalue weighted by Crippen LogP contribution is 2.26. The Labute approximate surface area is 160 Å². The molecule has 2 aromatic carbocycles. The summed E-state index contributed by atoms with van der Waals surface area (Å²) in [5.41, 5.74) is 2.07. The van der Waals surface area contributed by atoms with Gasteiger partial charge in [-0.2, -0.15) is 0 Å². The smallest absolute Gasteiger partial charge is 0.265 e. The largest absolute Gasteiger partial charge is 0.382 e. The second kappa shape index (κ2) is 7.17. The average Bonchev–Trinajstić information content (AvgIpc) is 2.97. The molecule has 28 heavy (non-hydrogen) atoms. The zero-order chi connectivity index (χ0) is 19.7. The van der Waals surface area contributed by atoms with E-state index in [9.17, 15) is 19.1 Å². The molecule has 2 amide bonds. The first kappa shape index (κ1) is 17.8. The van der Waals surface area contributed by atoms with Gasteiger partial charge in [0, 0.05) is 18.0 Å². The van der Waals surface area contributed by atoms with Crippen molar-refractivity contribution >= 4 is 17.9 Å². The summed E-state index contributed by atoms with van der Waals surface area (Å²) < 4.78 is 13.1. The number of fused-ring (bicyclic) bond motifs is 1. The minimum Gasteiger partial charge on any atom is -0.382 e. The van der Waals surface area contributed by atoms with E-state index < -0.39 is 23.7 Å². The molecule has 1 aliphatic rings. The molecule has 3 aromatic rings. The first-order chi connectivity index (χ1) is 13.6. The molecular weight excluding hydrogens is 359 g/mol. The second-order valence-corrected chi connectivity index (χ2v) is 6.27. The van der Waals surface area contributed by atoms with Crippen molar-refractivity contribution in [3.05, 3.63) is 107 Å². The summed E-state index contributed by atoms with van der Waals surface area (Å²) in [7, 11) is 0. The van der Waals surface area contributed by atoms with Crippen molar-refractivity contribution in [1.82, 2.24) is 9.88 Å². The number of aliphatic hydroxyl groups excluding tert-OH is 1. The van der Waals surface area contributed by atoms with Crippen molar-refractivity contribution in [2.45, 2.75) is 6.10 Å². The SMILES string of the molecule is O=C1c2ccccc2C(=O)N1C=Cc1cccnc1C(O)c1ccc(F)cc1. The molecular formula is C22H15FN2O3. The predicted molar refractivity (Wildman–Crippen MR) is 101 cm³/mol. The van der Waals surface area contributed by atoms with Gasteiger partial charge in [0.05, 0.1) is 16.8 Å². The van der Waals surface area contributed by atoms with Crippen LogP contribution in [-0.2, 0) is 0 Å². The van der Waals surface area contributed by atoms with Gasteiger partial charge in [-0.15, -0.1) is 0 Å². The van der Waals surface area contributed by atoms with Crippen molar-refractivity contribution in [3.63, 3.8) is 0 Å². The highest BCUT2D eigenvalue weighted by atomic mass is 19.1. The molecule has 0 saturated carbocycles. The van der Waals surface area contributed by atoms with Crippen molar-refractivity contribution in [2.24, 2.45) is 0 Å². The van der Waals surface area contributed by atoms with E-state index in [1.807, 2.05) is 0 Å². The number of aromatic nitrogens is 1. The van der Waals surface area contributed by atoms with Crippen molar-refractivity contribution in [3.8, 4) is 0 Å². The van der Waals surface area contributed by atoms with E-state index >= 15 is 0 Å². The third-order valence-electron chi connectivity index (χ3n) is 4.54. The number of halogens is 1. The van der Waals surface area contributed by atoms with E-state index in [2.05, 4.69) is 4.98 Å². The van der Waals surface area contributed by atoms with Crippen LogP contribution in [0.4, 0.5) is 4.39 Å². The van der Waals surface area contributed by atoms with Gasteiger partial charge in [0.1, 0.15) is 11.9 Å². The normalized spacial score (nSPS) is 14.6. The fourth-order valence-corrected chi connectivity index (χ4v) is 3.10. The Hall–Kier alpha value is -3.64. The highest BCUT2D eigenvalue weighted by Gasteiger charge is 2.33. The Morgan fingerprint density at radius 3 is 2.21 bits per heavy atom. The molecule has 138 valence electrons. The summed E-state index contributed by atoms with van der Waals surface area (Å²) in [4.78, 5) is 30.2. The maximum absolute atomic E-state index is 13.1. The minimum atomic E-state index is -1.08. The van der Waals surface area contributed by atoms with Gasteiger partial charge in [-0.3, -0.25) is 14.6 Å². The first-order valence-electron chi connectivity index (χ1n) is 8.60. The number of pyridine rings is 1. The van der Waals surface area contributed by atoms with Gasteiger partial charge in [0.25, 0.3) is 11.8 Å². The Balaban J connectivity index is 1.64. The Kier molecular flexibility index (Phi) is 4.55. The van der Waals surface area contributed by atoms with Gasteiger partial charge in [-0.1, -0.05) is 30.3 Å². The van der Waals surface area contributed by atoms with Crippen molar-refractivity contribution in [1.29, 1.82) is 0 Å². The molecule has 6 heteroatoms. The van der Waals surface area contributed by atoms with Gasteiger partial charge in [0.15, 0.2) is 0 Å². The number of nitrogens with zero attached hydrogens (tertiary/aromatic N) is 2. The second-order valence-electron chi connectivity index (χ2n) is 6.27. The van der Waals surface area contributed by atoms with E-state index in [1.54, 1.807) is 42.5 Å². The first-order valence-corrected chi connectivity index (χ1v) is 8.60. The maximum atomic E-state index is 13.1. The lowest BCUT2D eigenvalue weighted by Gasteiger charge is -2.14.